The Bertz CT molecular complexity index is 1640. The van der Waals surface area contributed by atoms with Crippen LogP contribution in [0.5, 0.6) is 5.75 Å². The first-order valence-electron chi connectivity index (χ1n) is 14.0. The standard InChI is InChI=1S/C30H34N6O2/c1-3-36-12-8-17(9-13-36)19-6-7-22-26(27(19)38-16-30(2)10-11-30)35-28(33-22)23-25-21(15-32-29(23)37)20(14-31)24(34-25)18-4-5-18/h6-7,15,17-18,34H,3-5,8-13,16H2,1-2H3,(H,32,37)(H,33,35). The van der Waals surface area contributed by atoms with E-state index in [2.05, 4.69) is 51.9 Å². The largest absolute Gasteiger partial charge is 0.490 e. The zero-order valence-electron chi connectivity index (χ0n) is 22.1. The minimum absolute atomic E-state index is 0.232. The highest BCUT2D eigenvalue weighted by Crippen LogP contribution is 2.47. The molecule has 1 saturated heterocycles. The van der Waals surface area contributed by atoms with Crippen LogP contribution in [0.15, 0.2) is 23.1 Å². The van der Waals surface area contributed by atoms with Crippen LogP contribution >= 0.6 is 0 Å². The zero-order chi connectivity index (χ0) is 26.0. The van der Waals surface area contributed by atoms with Crippen LogP contribution < -0.4 is 10.3 Å². The Balaban J connectivity index is 1.35. The highest BCUT2D eigenvalue weighted by Gasteiger charge is 2.39. The van der Waals surface area contributed by atoms with Gasteiger partial charge in [-0.2, -0.15) is 5.26 Å². The van der Waals surface area contributed by atoms with Crippen molar-refractivity contribution in [3.63, 3.8) is 0 Å². The first-order valence-corrected chi connectivity index (χ1v) is 14.0. The number of imidazole rings is 1. The summed E-state index contributed by atoms with van der Waals surface area (Å²) < 4.78 is 6.60. The third-order valence-electron chi connectivity index (χ3n) is 9.01. The van der Waals surface area contributed by atoms with Gasteiger partial charge in [-0.05, 0) is 75.7 Å². The van der Waals surface area contributed by atoms with Crippen LogP contribution in [-0.4, -0.2) is 51.1 Å². The fraction of sp³-hybridized carbons (Fsp3) is 0.500. The van der Waals surface area contributed by atoms with Gasteiger partial charge in [-0.1, -0.05) is 19.9 Å². The minimum Gasteiger partial charge on any atom is -0.490 e. The molecule has 1 aliphatic heterocycles. The van der Waals surface area contributed by atoms with E-state index in [4.69, 9.17) is 9.72 Å². The molecule has 2 aliphatic carbocycles. The normalized spacial score (nSPS) is 19.7. The van der Waals surface area contributed by atoms with Crippen LogP contribution in [-0.2, 0) is 0 Å². The highest BCUT2D eigenvalue weighted by atomic mass is 16.5. The number of hydrogen-bond donors (Lipinski definition) is 3. The van der Waals surface area contributed by atoms with E-state index in [1.54, 1.807) is 6.20 Å². The molecule has 3 fully saturated rings. The van der Waals surface area contributed by atoms with Gasteiger partial charge in [-0.15, -0.1) is 0 Å². The van der Waals surface area contributed by atoms with Crippen molar-refractivity contribution in [2.45, 2.75) is 64.2 Å². The number of ether oxygens (including phenoxy) is 1. The van der Waals surface area contributed by atoms with Crippen molar-refractivity contribution in [2.24, 2.45) is 5.41 Å². The second-order valence-electron chi connectivity index (χ2n) is 11.9. The Hall–Kier alpha value is -3.57. The summed E-state index contributed by atoms with van der Waals surface area (Å²) in [6, 6.07) is 6.63. The summed E-state index contributed by atoms with van der Waals surface area (Å²) >= 11 is 0. The third-order valence-corrected chi connectivity index (χ3v) is 9.01. The van der Waals surface area contributed by atoms with Crippen molar-refractivity contribution in [3.8, 4) is 23.2 Å². The molecule has 4 heterocycles. The van der Waals surface area contributed by atoms with Crippen LogP contribution in [0.3, 0.4) is 0 Å². The molecule has 0 amide bonds. The number of benzene rings is 1. The summed E-state index contributed by atoms with van der Waals surface area (Å²) in [7, 11) is 0. The molecule has 0 spiro atoms. The fourth-order valence-corrected chi connectivity index (χ4v) is 6.05. The monoisotopic (exact) mass is 510 g/mol. The molecule has 0 unspecified atom stereocenters. The van der Waals surface area contributed by atoms with Gasteiger partial charge in [0.1, 0.15) is 23.0 Å². The first kappa shape index (κ1) is 23.5. The van der Waals surface area contributed by atoms with Crippen molar-refractivity contribution in [2.75, 3.05) is 26.2 Å². The Morgan fingerprint density at radius 3 is 2.63 bits per heavy atom. The number of hydrogen-bond acceptors (Lipinski definition) is 5. The summed E-state index contributed by atoms with van der Waals surface area (Å²) in [6.07, 6.45) is 8.36. The lowest BCUT2D eigenvalue weighted by Gasteiger charge is -2.32. The van der Waals surface area contributed by atoms with Crippen LogP contribution in [0.4, 0.5) is 0 Å². The predicted octanol–water partition coefficient (Wildman–Crippen LogP) is 5.53. The lowest BCUT2D eigenvalue weighted by Crippen LogP contribution is -2.32. The molecule has 0 bridgehead atoms. The molecule has 0 radical (unpaired) electrons. The number of likely N-dealkylation sites (tertiary alicyclic amines) is 1. The van der Waals surface area contributed by atoms with E-state index in [0.29, 0.717) is 40.9 Å². The highest BCUT2D eigenvalue weighted by molar-refractivity contribution is 5.98. The van der Waals surface area contributed by atoms with Gasteiger partial charge in [0, 0.05) is 28.6 Å². The van der Waals surface area contributed by atoms with Gasteiger partial charge in [-0.3, -0.25) is 4.79 Å². The predicted molar refractivity (Wildman–Crippen MR) is 148 cm³/mol. The number of fused-ring (bicyclic) bond motifs is 2. The summed E-state index contributed by atoms with van der Waals surface area (Å²) in [5.74, 6) is 2.15. The lowest BCUT2D eigenvalue weighted by atomic mass is 9.88. The number of piperidine rings is 1. The molecule has 4 aromatic rings. The molecule has 1 aromatic carbocycles. The molecular weight excluding hydrogens is 476 g/mol. The molecule has 196 valence electrons. The van der Waals surface area contributed by atoms with E-state index >= 15 is 0 Å². The number of rotatable bonds is 7. The summed E-state index contributed by atoms with van der Waals surface area (Å²) in [4.78, 5) is 30.4. The number of aromatic amines is 3. The molecule has 3 aromatic heterocycles. The molecule has 8 nitrogen and oxygen atoms in total. The van der Waals surface area contributed by atoms with Crippen LogP contribution in [0.2, 0.25) is 0 Å². The number of pyridine rings is 1. The van der Waals surface area contributed by atoms with E-state index in [0.717, 1.165) is 73.2 Å². The molecule has 7 rings (SSSR count). The smallest absolute Gasteiger partial charge is 0.261 e. The molecule has 0 atom stereocenters. The SMILES string of the molecule is CCN1CCC(c2ccc3[nH]c(-c4c(=O)[nH]cc5c(C#N)c(C6CC6)[nH]c45)nc3c2OCC2(C)CC2)CC1. The Kier molecular flexibility index (Phi) is 5.41. The van der Waals surface area contributed by atoms with E-state index in [-0.39, 0.29) is 11.0 Å². The van der Waals surface area contributed by atoms with Gasteiger partial charge in [0.15, 0.2) is 5.75 Å². The number of nitriles is 1. The van der Waals surface area contributed by atoms with Gasteiger partial charge in [0.05, 0.1) is 23.2 Å². The lowest BCUT2D eigenvalue weighted by molar-refractivity contribution is 0.214. The third kappa shape index (κ3) is 3.92. The quantitative estimate of drug-likeness (QED) is 0.303. The Labute approximate surface area is 221 Å². The average Bonchev–Trinajstić information content (AvgIpc) is 3.84. The van der Waals surface area contributed by atoms with Gasteiger partial charge in [0.25, 0.3) is 5.56 Å². The van der Waals surface area contributed by atoms with E-state index in [1.165, 1.54) is 18.4 Å². The first-order chi connectivity index (χ1) is 18.5. The molecule has 2 saturated carbocycles. The fourth-order valence-electron chi connectivity index (χ4n) is 6.05. The van der Waals surface area contributed by atoms with Crippen LogP contribution in [0.25, 0.3) is 33.3 Å². The summed E-state index contributed by atoms with van der Waals surface area (Å²) in [6.45, 7) is 8.46. The van der Waals surface area contributed by atoms with Gasteiger partial charge < -0.3 is 24.6 Å². The van der Waals surface area contributed by atoms with Gasteiger partial charge >= 0.3 is 0 Å². The van der Waals surface area contributed by atoms with Crippen molar-refractivity contribution in [1.29, 1.82) is 5.26 Å². The number of aromatic nitrogens is 4. The maximum Gasteiger partial charge on any atom is 0.261 e. The second kappa shape index (κ2) is 8.74. The maximum atomic E-state index is 13.2. The van der Waals surface area contributed by atoms with E-state index in [9.17, 15) is 10.1 Å². The van der Waals surface area contributed by atoms with Crippen molar-refractivity contribution >= 4 is 21.9 Å². The molecular formula is C30H34N6O2. The van der Waals surface area contributed by atoms with Gasteiger partial charge in [-0.25, -0.2) is 4.98 Å². The summed E-state index contributed by atoms with van der Waals surface area (Å²) in [5.41, 5.74) is 5.55. The van der Waals surface area contributed by atoms with Crippen molar-refractivity contribution < 1.29 is 4.74 Å². The Morgan fingerprint density at radius 2 is 1.95 bits per heavy atom. The number of nitrogens with one attached hydrogen (secondary N) is 3. The van der Waals surface area contributed by atoms with E-state index < -0.39 is 0 Å². The molecule has 3 N–H and O–H groups in total. The molecule has 3 aliphatic rings. The molecule has 8 heteroatoms. The zero-order valence-corrected chi connectivity index (χ0v) is 22.1. The van der Waals surface area contributed by atoms with Crippen LogP contribution in [0, 0.1) is 16.7 Å². The van der Waals surface area contributed by atoms with Crippen molar-refractivity contribution in [3.05, 3.63) is 45.5 Å². The number of nitrogens with zero attached hydrogens (tertiary/aromatic N) is 3. The number of H-pyrrole nitrogens is 3. The summed E-state index contributed by atoms with van der Waals surface area (Å²) in [5, 5.41) is 10.6. The van der Waals surface area contributed by atoms with E-state index in [1.807, 2.05) is 0 Å². The van der Waals surface area contributed by atoms with Gasteiger partial charge in [0.2, 0.25) is 0 Å². The average molecular weight is 511 g/mol. The minimum atomic E-state index is -0.232. The topological polar surface area (TPSA) is 114 Å². The Morgan fingerprint density at radius 1 is 1.16 bits per heavy atom. The molecule has 38 heavy (non-hydrogen) atoms. The van der Waals surface area contributed by atoms with Crippen LogP contribution in [0.1, 0.15) is 81.0 Å². The van der Waals surface area contributed by atoms with Crippen molar-refractivity contribution in [1.82, 2.24) is 24.8 Å². The second-order valence-corrected chi connectivity index (χ2v) is 11.9. The maximum absolute atomic E-state index is 13.2.